The van der Waals surface area contributed by atoms with Crippen LogP contribution in [0.25, 0.3) is 21.8 Å². The highest BCUT2D eigenvalue weighted by Gasteiger charge is 2.11. The zero-order chi connectivity index (χ0) is 11.9. The van der Waals surface area contributed by atoms with Crippen molar-refractivity contribution in [2.75, 3.05) is 0 Å². The maximum Gasteiger partial charge on any atom is 0.0467 e. The van der Waals surface area contributed by atoms with Crippen LogP contribution < -0.4 is 0 Å². The molecule has 0 atom stereocenters. The van der Waals surface area contributed by atoms with Crippen molar-refractivity contribution in [3.05, 3.63) is 47.5 Å². The molecule has 1 aromatic heterocycles. The topological polar surface area (TPSA) is 15.8 Å². The van der Waals surface area contributed by atoms with Crippen LogP contribution in [-0.4, -0.2) is 4.98 Å². The fourth-order valence-electron chi connectivity index (χ4n) is 3.26. The number of rotatable bonds is 0. The molecule has 3 aromatic rings. The molecule has 1 aliphatic carbocycles. The van der Waals surface area contributed by atoms with Crippen LogP contribution in [0.3, 0.4) is 0 Å². The van der Waals surface area contributed by atoms with Crippen molar-refractivity contribution >= 4 is 21.8 Å². The lowest BCUT2D eigenvalue weighted by molar-refractivity contribution is 0.712. The largest absolute Gasteiger partial charge is 0.355 e. The quantitative estimate of drug-likeness (QED) is 0.548. The first-order chi connectivity index (χ1) is 8.92. The van der Waals surface area contributed by atoms with E-state index in [0.717, 1.165) is 0 Å². The Morgan fingerprint density at radius 3 is 2.39 bits per heavy atom. The van der Waals surface area contributed by atoms with Gasteiger partial charge in [-0.1, -0.05) is 24.6 Å². The molecule has 2 aromatic carbocycles. The number of aryl methyl sites for hydroxylation is 2. The van der Waals surface area contributed by atoms with Crippen LogP contribution in [0.4, 0.5) is 0 Å². The average molecular weight is 235 g/mol. The molecule has 1 N–H and O–H groups in total. The Morgan fingerprint density at radius 1 is 0.722 bits per heavy atom. The third-order valence-electron chi connectivity index (χ3n) is 4.22. The number of aromatic nitrogens is 1. The number of hydrogen-bond donors (Lipinski definition) is 1. The van der Waals surface area contributed by atoms with Gasteiger partial charge in [0.2, 0.25) is 0 Å². The van der Waals surface area contributed by atoms with Gasteiger partial charge in [-0.15, -0.1) is 0 Å². The molecule has 0 bridgehead atoms. The van der Waals surface area contributed by atoms with Crippen LogP contribution in [-0.2, 0) is 12.8 Å². The van der Waals surface area contributed by atoms with E-state index in [1.807, 2.05) is 0 Å². The zero-order valence-electron chi connectivity index (χ0n) is 10.5. The Balaban J connectivity index is 2.05. The summed E-state index contributed by atoms with van der Waals surface area (Å²) in [4.78, 5) is 3.55. The second-order valence-corrected chi connectivity index (χ2v) is 5.40. The molecule has 1 nitrogen and oxygen atoms in total. The Kier molecular flexibility index (Phi) is 2.19. The molecule has 0 spiro atoms. The molecule has 0 saturated carbocycles. The Hall–Kier alpha value is -1.76. The Morgan fingerprint density at radius 2 is 1.50 bits per heavy atom. The summed E-state index contributed by atoms with van der Waals surface area (Å²) < 4.78 is 0. The Labute approximate surface area is 107 Å². The molecule has 1 aliphatic rings. The molecule has 90 valence electrons. The summed E-state index contributed by atoms with van der Waals surface area (Å²) in [6.07, 6.45) is 6.58. The summed E-state index contributed by atoms with van der Waals surface area (Å²) >= 11 is 0. The average Bonchev–Trinajstić information content (AvgIpc) is 2.59. The predicted octanol–water partition coefficient (Wildman–Crippen LogP) is 4.59. The molecule has 18 heavy (non-hydrogen) atoms. The molecule has 4 rings (SSSR count). The summed E-state index contributed by atoms with van der Waals surface area (Å²) in [5.74, 6) is 0. The van der Waals surface area contributed by atoms with Gasteiger partial charge in [0, 0.05) is 21.8 Å². The maximum absolute atomic E-state index is 3.55. The van der Waals surface area contributed by atoms with Crippen LogP contribution in [0.2, 0.25) is 0 Å². The van der Waals surface area contributed by atoms with Gasteiger partial charge in [-0.2, -0.15) is 0 Å². The number of H-pyrrole nitrogens is 1. The summed E-state index contributed by atoms with van der Waals surface area (Å²) in [7, 11) is 0. The highest BCUT2D eigenvalue weighted by molar-refractivity contribution is 6.07. The van der Waals surface area contributed by atoms with Crippen molar-refractivity contribution in [2.45, 2.75) is 32.1 Å². The first-order valence-electron chi connectivity index (χ1n) is 6.94. The monoisotopic (exact) mass is 235 g/mol. The van der Waals surface area contributed by atoms with E-state index in [2.05, 4.69) is 41.4 Å². The van der Waals surface area contributed by atoms with Gasteiger partial charge in [0.1, 0.15) is 0 Å². The predicted molar refractivity (Wildman–Crippen MR) is 77.1 cm³/mol. The molecular formula is C17H17N. The van der Waals surface area contributed by atoms with E-state index >= 15 is 0 Å². The van der Waals surface area contributed by atoms with Crippen LogP contribution in [0.5, 0.6) is 0 Å². The lowest BCUT2D eigenvalue weighted by Gasteiger charge is -2.05. The number of hydrogen-bond acceptors (Lipinski definition) is 0. The minimum absolute atomic E-state index is 1.25. The van der Waals surface area contributed by atoms with Crippen molar-refractivity contribution in [2.24, 2.45) is 0 Å². The highest BCUT2D eigenvalue weighted by Crippen LogP contribution is 2.30. The van der Waals surface area contributed by atoms with Crippen LogP contribution in [0, 0.1) is 0 Å². The molecule has 0 aliphatic heterocycles. The van der Waals surface area contributed by atoms with Crippen molar-refractivity contribution in [1.29, 1.82) is 0 Å². The lowest BCUT2D eigenvalue weighted by Crippen LogP contribution is -1.90. The number of fused-ring (bicyclic) bond motifs is 4. The maximum atomic E-state index is 3.55. The van der Waals surface area contributed by atoms with Crippen LogP contribution in [0.15, 0.2) is 36.4 Å². The SMILES string of the molecule is c1ccc2c(c1)[nH]c1cc3c(cc12)CCCCC3. The standard InChI is InChI=1S/C17H17N/c1-2-6-12-10-15-14-8-4-5-9-16(14)18-17(15)11-13(12)7-3-1/h4-5,8-11,18H,1-3,6-7H2. The number of para-hydroxylation sites is 1. The normalized spacial score (nSPS) is 15.8. The number of aromatic amines is 1. The van der Waals surface area contributed by atoms with E-state index in [-0.39, 0.29) is 0 Å². The molecule has 0 radical (unpaired) electrons. The van der Waals surface area contributed by atoms with Crippen molar-refractivity contribution < 1.29 is 0 Å². The second-order valence-electron chi connectivity index (χ2n) is 5.40. The number of nitrogens with one attached hydrogen (secondary N) is 1. The third kappa shape index (κ3) is 1.47. The molecule has 0 fully saturated rings. The van der Waals surface area contributed by atoms with E-state index < -0.39 is 0 Å². The first-order valence-corrected chi connectivity index (χ1v) is 6.94. The molecule has 0 saturated heterocycles. The van der Waals surface area contributed by atoms with Crippen molar-refractivity contribution in [3.8, 4) is 0 Å². The minimum Gasteiger partial charge on any atom is -0.355 e. The fraction of sp³-hybridized carbons (Fsp3) is 0.294. The third-order valence-corrected chi connectivity index (χ3v) is 4.22. The van der Waals surface area contributed by atoms with Crippen molar-refractivity contribution in [1.82, 2.24) is 4.98 Å². The molecule has 1 heteroatoms. The van der Waals surface area contributed by atoms with Crippen LogP contribution >= 0.6 is 0 Å². The minimum atomic E-state index is 1.25. The van der Waals surface area contributed by atoms with Gasteiger partial charge in [-0.05, 0) is 55.0 Å². The molecule has 0 unspecified atom stereocenters. The highest BCUT2D eigenvalue weighted by atomic mass is 14.7. The summed E-state index contributed by atoms with van der Waals surface area (Å²) in [6, 6.07) is 13.4. The first kappa shape index (κ1) is 10.2. The van der Waals surface area contributed by atoms with Gasteiger partial charge < -0.3 is 4.98 Å². The molecule has 0 amide bonds. The van der Waals surface area contributed by atoms with Gasteiger partial charge in [-0.3, -0.25) is 0 Å². The van der Waals surface area contributed by atoms with Gasteiger partial charge in [0.25, 0.3) is 0 Å². The van der Waals surface area contributed by atoms with E-state index in [1.165, 1.54) is 53.9 Å². The van der Waals surface area contributed by atoms with Gasteiger partial charge in [0.05, 0.1) is 0 Å². The second kappa shape index (κ2) is 3.88. The van der Waals surface area contributed by atoms with Crippen molar-refractivity contribution in [3.63, 3.8) is 0 Å². The Bertz CT molecular complexity index is 721. The van der Waals surface area contributed by atoms with Crippen LogP contribution in [0.1, 0.15) is 30.4 Å². The van der Waals surface area contributed by atoms with Gasteiger partial charge in [0.15, 0.2) is 0 Å². The van der Waals surface area contributed by atoms with Gasteiger partial charge in [-0.25, -0.2) is 0 Å². The smallest absolute Gasteiger partial charge is 0.0467 e. The number of benzene rings is 2. The fourth-order valence-corrected chi connectivity index (χ4v) is 3.26. The molecular weight excluding hydrogens is 218 g/mol. The summed E-state index contributed by atoms with van der Waals surface area (Å²) in [6.45, 7) is 0. The van der Waals surface area contributed by atoms with E-state index in [1.54, 1.807) is 11.1 Å². The van der Waals surface area contributed by atoms with E-state index in [4.69, 9.17) is 0 Å². The van der Waals surface area contributed by atoms with E-state index in [9.17, 15) is 0 Å². The molecule has 1 heterocycles. The van der Waals surface area contributed by atoms with E-state index in [0.29, 0.717) is 0 Å². The summed E-state index contributed by atoms with van der Waals surface area (Å²) in [5, 5.41) is 2.76. The van der Waals surface area contributed by atoms with Gasteiger partial charge >= 0.3 is 0 Å². The summed E-state index contributed by atoms with van der Waals surface area (Å²) in [5.41, 5.74) is 5.70. The lowest BCUT2D eigenvalue weighted by atomic mass is 10.00. The zero-order valence-corrected chi connectivity index (χ0v) is 10.5.